The molecule has 0 spiro atoms. The van der Waals surface area contributed by atoms with Crippen molar-refractivity contribution in [3.8, 4) is 0 Å². The topological polar surface area (TPSA) is 30.2 Å². The molecule has 0 saturated carbocycles. The lowest BCUT2D eigenvalue weighted by atomic mass is 10.1. The zero-order valence-corrected chi connectivity index (χ0v) is 6.44. The maximum atomic E-state index is 4.30. The van der Waals surface area contributed by atoms with Crippen LogP contribution < -0.4 is 0 Å². The number of rotatable bonds is 0. The average Bonchev–Trinajstić information content (AvgIpc) is 2.52. The summed E-state index contributed by atoms with van der Waals surface area (Å²) in [5.41, 5.74) is 3.30. The summed E-state index contributed by atoms with van der Waals surface area (Å²) in [6.45, 7) is 0. The molecule has 3 heteroatoms. The van der Waals surface area contributed by atoms with Gasteiger partial charge in [-0.15, -0.1) is 0 Å². The fourth-order valence-corrected chi connectivity index (χ4v) is 1.60. The minimum atomic E-state index is 0.920. The van der Waals surface area contributed by atoms with E-state index < -0.39 is 0 Å². The molecule has 2 aromatic heterocycles. The molecule has 2 heterocycles. The van der Waals surface area contributed by atoms with Gasteiger partial charge in [-0.05, 0) is 6.08 Å². The zero-order chi connectivity index (χ0) is 7.97. The molecule has 3 nitrogen and oxygen atoms in total. The summed E-state index contributed by atoms with van der Waals surface area (Å²) in [7, 11) is 0. The average molecular weight is 157 g/mol. The Morgan fingerprint density at radius 3 is 3.33 bits per heavy atom. The summed E-state index contributed by atoms with van der Waals surface area (Å²) < 4.78 is 2.02. The molecular formula is C9H7N3. The van der Waals surface area contributed by atoms with Gasteiger partial charge in [-0.25, -0.2) is 4.98 Å². The number of nitrogens with zero attached hydrogens (tertiary/aromatic N) is 3. The third-order valence-electron chi connectivity index (χ3n) is 2.14. The molecule has 0 N–H and O–H groups in total. The predicted octanol–water partition coefficient (Wildman–Crippen LogP) is 1.30. The minimum Gasteiger partial charge on any atom is -0.303 e. The lowest BCUT2D eigenvalue weighted by Crippen LogP contribution is -1.96. The summed E-state index contributed by atoms with van der Waals surface area (Å²) in [5.74, 6) is 0. The molecule has 12 heavy (non-hydrogen) atoms. The van der Waals surface area contributed by atoms with Crippen LogP contribution in [-0.4, -0.2) is 14.4 Å². The third kappa shape index (κ3) is 0.605. The molecule has 1 aliphatic rings. The van der Waals surface area contributed by atoms with E-state index >= 15 is 0 Å². The van der Waals surface area contributed by atoms with Gasteiger partial charge >= 0.3 is 0 Å². The lowest BCUT2D eigenvalue weighted by molar-refractivity contribution is 1.04. The van der Waals surface area contributed by atoms with E-state index in [9.17, 15) is 0 Å². The number of allylic oxidation sites excluding steroid dienone is 1. The highest BCUT2D eigenvalue weighted by atomic mass is 15.0. The fourth-order valence-electron chi connectivity index (χ4n) is 1.60. The van der Waals surface area contributed by atoms with Gasteiger partial charge in [0.25, 0.3) is 0 Å². The Balaban J connectivity index is 2.57. The molecule has 0 unspecified atom stereocenters. The summed E-state index contributed by atoms with van der Waals surface area (Å²) in [4.78, 5) is 8.56. The molecule has 2 aromatic rings. The molecule has 1 aliphatic carbocycles. The van der Waals surface area contributed by atoms with Crippen LogP contribution in [0.2, 0.25) is 0 Å². The summed E-state index contributed by atoms with van der Waals surface area (Å²) in [6, 6.07) is 0. The molecule has 0 amide bonds. The quantitative estimate of drug-likeness (QED) is 0.577. The maximum absolute atomic E-state index is 4.30. The van der Waals surface area contributed by atoms with E-state index in [-0.39, 0.29) is 0 Å². The Bertz CT molecular complexity index is 468. The monoisotopic (exact) mass is 157 g/mol. The molecule has 0 bridgehead atoms. The van der Waals surface area contributed by atoms with E-state index in [1.54, 1.807) is 0 Å². The van der Waals surface area contributed by atoms with Gasteiger partial charge in [0.15, 0.2) is 0 Å². The number of hydrogen-bond acceptors (Lipinski definition) is 2. The van der Waals surface area contributed by atoms with E-state index in [2.05, 4.69) is 16.0 Å². The molecule has 0 aliphatic heterocycles. The Kier molecular flexibility index (Phi) is 0.961. The van der Waals surface area contributed by atoms with Crippen molar-refractivity contribution in [1.29, 1.82) is 0 Å². The van der Waals surface area contributed by atoms with Gasteiger partial charge in [0.05, 0.1) is 16.9 Å². The summed E-state index contributed by atoms with van der Waals surface area (Å²) in [5, 5.41) is 0. The van der Waals surface area contributed by atoms with Crippen LogP contribution in [-0.2, 0) is 6.42 Å². The summed E-state index contributed by atoms with van der Waals surface area (Å²) in [6.07, 6.45) is 10.6. The van der Waals surface area contributed by atoms with Gasteiger partial charge in [-0.1, -0.05) is 6.08 Å². The van der Waals surface area contributed by atoms with Crippen LogP contribution in [0.25, 0.3) is 11.6 Å². The minimum absolute atomic E-state index is 0.920. The third-order valence-corrected chi connectivity index (χ3v) is 2.14. The Hall–Kier alpha value is -1.64. The van der Waals surface area contributed by atoms with Crippen LogP contribution in [0.15, 0.2) is 24.8 Å². The first-order valence-corrected chi connectivity index (χ1v) is 3.92. The van der Waals surface area contributed by atoms with Crippen molar-refractivity contribution in [2.45, 2.75) is 6.42 Å². The Morgan fingerprint density at radius 1 is 1.33 bits per heavy atom. The second kappa shape index (κ2) is 1.94. The van der Waals surface area contributed by atoms with Crippen LogP contribution >= 0.6 is 0 Å². The molecule has 0 fully saturated rings. The second-order valence-electron chi connectivity index (χ2n) is 2.87. The first-order chi connectivity index (χ1) is 5.95. The van der Waals surface area contributed by atoms with Crippen molar-refractivity contribution in [3.05, 3.63) is 36.2 Å². The van der Waals surface area contributed by atoms with Gasteiger partial charge in [-0.2, -0.15) is 0 Å². The standard InChI is InChI=1S/C9H7N3/c1-2-7-9-8(3-1)11-6-12(9)5-4-10-7/h1,3-6H,2H2. The van der Waals surface area contributed by atoms with Crippen LogP contribution in [0.3, 0.4) is 0 Å². The van der Waals surface area contributed by atoms with Gasteiger partial charge in [0.1, 0.15) is 6.33 Å². The largest absolute Gasteiger partial charge is 0.303 e. The fraction of sp³-hybridized carbons (Fsp3) is 0.111. The number of hydrogen-bond donors (Lipinski definition) is 0. The van der Waals surface area contributed by atoms with Crippen LogP contribution in [0.4, 0.5) is 0 Å². The Morgan fingerprint density at radius 2 is 2.33 bits per heavy atom. The SMILES string of the molecule is C1=Cc2ncn3ccnc(c23)C1. The van der Waals surface area contributed by atoms with Crippen molar-refractivity contribution in [2.24, 2.45) is 0 Å². The van der Waals surface area contributed by atoms with E-state index in [0.29, 0.717) is 0 Å². The Labute approximate surface area is 69.4 Å². The van der Waals surface area contributed by atoms with Gasteiger partial charge in [-0.3, -0.25) is 4.98 Å². The number of imidazole rings is 1. The van der Waals surface area contributed by atoms with Crippen molar-refractivity contribution in [2.75, 3.05) is 0 Å². The number of aromatic nitrogens is 3. The molecule has 58 valence electrons. The lowest BCUT2D eigenvalue weighted by Gasteiger charge is -2.04. The smallest absolute Gasteiger partial charge is 0.100 e. The first kappa shape index (κ1) is 5.94. The van der Waals surface area contributed by atoms with E-state index in [1.807, 2.05) is 29.2 Å². The predicted molar refractivity (Wildman–Crippen MR) is 45.7 cm³/mol. The van der Waals surface area contributed by atoms with Gasteiger partial charge in [0.2, 0.25) is 0 Å². The second-order valence-corrected chi connectivity index (χ2v) is 2.87. The maximum Gasteiger partial charge on any atom is 0.100 e. The van der Waals surface area contributed by atoms with Crippen molar-refractivity contribution < 1.29 is 0 Å². The zero-order valence-electron chi connectivity index (χ0n) is 6.44. The molecule has 0 aromatic carbocycles. The van der Waals surface area contributed by atoms with Crippen molar-refractivity contribution in [1.82, 2.24) is 14.4 Å². The highest BCUT2D eigenvalue weighted by Crippen LogP contribution is 2.19. The molecule has 0 saturated heterocycles. The first-order valence-electron chi connectivity index (χ1n) is 3.92. The van der Waals surface area contributed by atoms with Crippen molar-refractivity contribution >= 4 is 11.6 Å². The van der Waals surface area contributed by atoms with E-state index in [0.717, 1.165) is 23.3 Å². The van der Waals surface area contributed by atoms with Gasteiger partial charge < -0.3 is 4.40 Å². The van der Waals surface area contributed by atoms with E-state index in [4.69, 9.17) is 0 Å². The normalized spacial score (nSPS) is 14.0. The molecule has 0 atom stereocenters. The molecule has 3 rings (SSSR count). The molecular weight excluding hydrogens is 150 g/mol. The highest BCUT2D eigenvalue weighted by molar-refractivity contribution is 5.72. The van der Waals surface area contributed by atoms with Crippen LogP contribution in [0.1, 0.15) is 11.4 Å². The van der Waals surface area contributed by atoms with Crippen molar-refractivity contribution in [3.63, 3.8) is 0 Å². The molecule has 0 radical (unpaired) electrons. The van der Waals surface area contributed by atoms with Crippen LogP contribution in [0.5, 0.6) is 0 Å². The summed E-state index contributed by atoms with van der Waals surface area (Å²) >= 11 is 0. The highest BCUT2D eigenvalue weighted by Gasteiger charge is 2.10. The van der Waals surface area contributed by atoms with Crippen LogP contribution in [0, 0.1) is 0 Å². The van der Waals surface area contributed by atoms with E-state index in [1.165, 1.54) is 0 Å². The van der Waals surface area contributed by atoms with Gasteiger partial charge in [0, 0.05) is 18.8 Å².